The Morgan fingerprint density at radius 3 is 2.78 bits per heavy atom. The molecule has 5 nitrogen and oxygen atoms in total. The van der Waals surface area contributed by atoms with Crippen molar-refractivity contribution in [3.63, 3.8) is 0 Å². The lowest BCUT2D eigenvalue weighted by molar-refractivity contribution is 0.0578. The number of methoxy groups -OCH3 is 1. The molecular weight excluding hydrogens is 232 g/mol. The van der Waals surface area contributed by atoms with E-state index in [9.17, 15) is 4.79 Å². The van der Waals surface area contributed by atoms with Crippen LogP contribution in [0.15, 0.2) is 0 Å². The number of esters is 1. The molecule has 0 radical (unpaired) electrons. The second kappa shape index (κ2) is 5.42. The van der Waals surface area contributed by atoms with E-state index in [1.54, 1.807) is 6.92 Å². The second-order valence-electron chi connectivity index (χ2n) is 4.94. The number of hydrogen-bond acceptors (Lipinski definition) is 4. The first-order valence-corrected chi connectivity index (χ1v) is 6.43. The number of nitrogens with one attached hydrogen (secondary N) is 1. The quantitative estimate of drug-likeness (QED) is 0.839. The number of aromatic amines is 1. The van der Waals surface area contributed by atoms with Crippen LogP contribution in [0.3, 0.4) is 0 Å². The van der Waals surface area contributed by atoms with Gasteiger partial charge >= 0.3 is 5.97 Å². The Labute approximate surface area is 107 Å². The molecule has 0 amide bonds. The highest BCUT2D eigenvalue weighted by atomic mass is 16.5. The summed E-state index contributed by atoms with van der Waals surface area (Å²) in [5.74, 6) is 0.471. The first-order valence-electron chi connectivity index (χ1n) is 6.43. The predicted molar refractivity (Wildman–Crippen MR) is 66.7 cm³/mol. The molecule has 0 bridgehead atoms. The van der Waals surface area contributed by atoms with Gasteiger partial charge in [-0.3, -0.25) is 5.10 Å². The van der Waals surface area contributed by atoms with Gasteiger partial charge in [0, 0.05) is 0 Å². The molecule has 0 aromatic carbocycles. The highest BCUT2D eigenvalue weighted by Crippen LogP contribution is 2.29. The third-order valence-corrected chi connectivity index (χ3v) is 3.60. The number of aryl methyl sites for hydroxylation is 1. The Balaban J connectivity index is 2.16. The van der Waals surface area contributed by atoms with Gasteiger partial charge in [-0.2, -0.15) is 0 Å². The summed E-state index contributed by atoms with van der Waals surface area (Å²) in [5.41, 5.74) is 1.09. The monoisotopic (exact) mass is 252 g/mol. The fraction of sp³-hybridized carbons (Fsp3) is 0.692. The number of carbonyl (C=O) groups excluding carboxylic acids is 1. The summed E-state index contributed by atoms with van der Waals surface area (Å²) in [4.78, 5) is 11.7. The molecule has 1 fully saturated rings. The van der Waals surface area contributed by atoms with Gasteiger partial charge in [0.15, 0.2) is 0 Å². The minimum atomic E-state index is -0.403. The van der Waals surface area contributed by atoms with Crippen LogP contribution in [0.25, 0.3) is 0 Å². The van der Waals surface area contributed by atoms with Crippen LogP contribution in [0.1, 0.15) is 48.7 Å². The van der Waals surface area contributed by atoms with E-state index in [0.717, 1.165) is 6.42 Å². The van der Waals surface area contributed by atoms with E-state index in [4.69, 9.17) is 9.47 Å². The summed E-state index contributed by atoms with van der Waals surface area (Å²) in [7, 11) is 1.36. The predicted octanol–water partition coefficient (Wildman–Crippen LogP) is 2.46. The van der Waals surface area contributed by atoms with Gasteiger partial charge in [0.1, 0.15) is 11.7 Å². The Morgan fingerprint density at radius 1 is 1.39 bits per heavy atom. The molecule has 0 aliphatic heterocycles. The van der Waals surface area contributed by atoms with Gasteiger partial charge in [0.25, 0.3) is 0 Å². The average molecular weight is 252 g/mol. The van der Waals surface area contributed by atoms with E-state index in [0.29, 0.717) is 23.1 Å². The van der Waals surface area contributed by atoms with Gasteiger partial charge in [0.05, 0.1) is 12.8 Å². The molecule has 2 unspecified atom stereocenters. The molecule has 0 saturated heterocycles. The topological polar surface area (TPSA) is 64.2 Å². The maximum Gasteiger partial charge on any atom is 0.345 e. The summed E-state index contributed by atoms with van der Waals surface area (Å²) in [6, 6.07) is 0. The van der Waals surface area contributed by atoms with E-state index in [1.165, 1.54) is 26.4 Å². The summed E-state index contributed by atoms with van der Waals surface area (Å²) < 4.78 is 10.7. The van der Waals surface area contributed by atoms with Crippen LogP contribution < -0.4 is 4.74 Å². The normalized spacial score (nSPS) is 23.7. The van der Waals surface area contributed by atoms with Crippen molar-refractivity contribution in [1.82, 2.24) is 10.2 Å². The van der Waals surface area contributed by atoms with Crippen LogP contribution in [0, 0.1) is 12.8 Å². The molecule has 1 aliphatic rings. The molecule has 100 valence electrons. The lowest BCUT2D eigenvalue weighted by Gasteiger charge is -2.28. The molecule has 1 N–H and O–H groups in total. The fourth-order valence-electron chi connectivity index (χ4n) is 2.44. The van der Waals surface area contributed by atoms with E-state index in [1.807, 2.05) is 0 Å². The molecule has 1 heterocycles. The van der Waals surface area contributed by atoms with Crippen LogP contribution in [-0.4, -0.2) is 29.4 Å². The Morgan fingerprint density at radius 2 is 2.11 bits per heavy atom. The molecule has 18 heavy (non-hydrogen) atoms. The van der Waals surface area contributed by atoms with Gasteiger partial charge < -0.3 is 9.47 Å². The molecule has 0 spiro atoms. The van der Waals surface area contributed by atoms with Crippen molar-refractivity contribution in [1.29, 1.82) is 0 Å². The number of hydrogen-bond donors (Lipinski definition) is 1. The Bertz CT molecular complexity index is 428. The van der Waals surface area contributed by atoms with Crippen molar-refractivity contribution in [2.45, 2.75) is 45.6 Å². The molecule has 2 rings (SSSR count). The maximum atomic E-state index is 11.7. The molecular formula is C13H20N2O3. The van der Waals surface area contributed by atoms with Gasteiger partial charge in [-0.15, -0.1) is 5.10 Å². The van der Waals surface area contributed by atoms with E-state index >= 15 is 0 Å². The molecule has 2 atom stereocenters. The van der Waals surface area contributed by atoms with Crippen LogP contribution in [0.2, 0.25) is 0 Å². The summed E-state index contributed by atoms with van der Waals surface area (Å²) in [6.45, 7) is 3.97. The third-order valence-electron chi connectivity index (χ3n) is 3.60. The van der Waals surface area contributed by atoms with Crippen molar-refractivity contribution in [2.75, 3.05) is 7.11 Å². The summed E-state index contributed by atoms with van der Waals surface area (Å²) >= 11 is 0. The zero-order chi connectivity index (χ0) is 13.1. The minimum Gasteiger partial charge on any atom is -0.472 e. The van der Waals surface area contributed by atoms with E-state index in [2.05, 4.69) is 17.1 Å². The van der Waals surface area contributed by atoms with E-state index in [-0.39, 0.29) is 6.10 Å². The van der Waals surface area contributed by atoms with Crippen molar-refractivity contribution in [3.8, 4) is 5.88 Å². The lowest BCUT2D eigenvalue weighted by atomic mass is 9.88. The Hall–Kier alpha value is -1.52. The van der Waals surface area contributed by atoms with Crippen molar-refractivity contribution in [3.05, 3.63) is 11.3 Å². The van der Waals surface area contributed by atoms with Crippen LogP contribution >= 0.6 is 0 Å². The van der Waals surface area contributed by atoms with Gasteiger partial charge in [0.2, 0.25) is 5.88 Å². The van der Waals surface area contributed by atoms with Crippen LogP contribution in [0.5, 0.6) is 5.88 Å². The van der Waals surface area contributed by atoms with Crippen molar-refractivity contribution in [2.24, 2.45) is 5.92 Å². The molecule has 1 aromatic heterocycles. The highest BCUT2D eigenvalue weighted by molar-refractivity contribution is 5.93. The molecule has 1 aliphatic carbocycles. The van der Waals surface area contributed by atoms with Crippen LogP contribution in [-0.2, 0) is 4.74 Å². The van der Waals surface area contributed by atoms with Gasteiger partial charge in [-0.05, 0) is 32.1 Å². The highest BCUT2D eigenvalue weighted by Gasteiger charge is 2.27. The lowest BCUT2D eigenvalue weighted by Crippen LogP contribution is -2.29. The van der Waals surface area contributed by atoms with Crippen molar-refractivity contribution < 1.29 is 14.3 Å². The van der Waals surface area contributed by atoms with Gasteiger partial charge in [-0.1, -0.05) is 13.3 Å². The van der Waals surface area contributed by atoms with E-state index < -0.39 is 5.97 Å². The number of aromatic nitrogens is 2. The fourth-order valence-corrected chi connectivity index (χ4v) is 2.44. The number of H-pyrrole nitrogens is 1. The molecule has 1 saturated carbocycles. The SMILES string of the molecule is COC(=O)c1c(OC2CCCCC2C)n[nH]c1C. The smallest absolute Gasteiger partial charge is 0.345 e. The zero-order valence-electron chi connectivity index (χ0n) is 11.2. The minimum absolute atomic E-state index is 0.143. The second-order valence-corrected chi connectivity index (χ2v) is 4.94. The van der Waals surface area contributed by atoms with Crippen LogP contribution in [0.4, 0.5) is 0 Å². The first kappa shape index (κ1) is 12.9. The maximum absolute atomic E-state index is 11.7. The number of rotatable bonds is 3. The van der Waals surface area contributed by atoms with Crippen molar-refractivity contribution >= 4 is 5.97 Å². The third kappa shape index (κ3) is 2.49. The molecule has 1 aromatic rings. The number of ether oxygens (including phenoxy) is 2. The zero-order valence-corrected chi connectivity index (χ0v) is 11.2. The Kier molecular flexibility index (Phi) is 3.89. The van der Waals surface area contributed by atoms with Gasteiger partial charge in [-0.25, -0.2) is 4.79 Å². The molecule has 5 heteroatoms. The summed E-state index contributed by atoms with van der Waals surface area (Å²) in [5, 5.41) is 6.85. The number of carbonyl (C=O) groups is 1. The number of nitrogens with zero attached hydrogens (tertiary/aromatic N) is 1. The standard InChI is InChI=1S/C13H20N2O3/c1-8-6-4-5-7-10(8)18-12-11(13(16)17-3)9(2)14-15-12/h8,10H,4-7H2,1-3H3,(H,14,15). The largest absolute Gasteiger partial charge is 0.472 e. The first-order chi connectivity index (χ1) is 8.63. The average Bonchev–Trinajstić information content (AvgIpc) is 2.72. The summed E-state index contributed by atoms with van der Waals surface area (Å²) in [6.07, 6.45) is 4.76.